The van der Waals surface area contributed by atoms with Gasteiger partial charge in [0.2, 0.25) is 0 Å². The minimum atomic E-state index is -0.194. The molecule has 0 radical (unpaired) electrons. The van der Waals surface area contributed by atoms with Crippen LogP contribution in [0.4, 0.5) is 10.1 Å². The van der Waals surface area contributed by atoms with E-state index in [0.29, 0.717) is 11.6 Å². The normalized spacial score (nSPS) is 21.4. The number of benzene rings is 1. The van der Waals surface area contributed by atoms with Gasteiger partial charge >= 0.3 is 0 Å². The van der Waals surface area contributed by atoms with Crippen LogP contribution in [0, 0.1) is 11.7 Å². The van der Waals surface area contributed by atoms with Crippen LogP contribution < -0.4 is 11.1 Å². The molecular weight excluding hydrogens is 179 g/mol. The first-order valence-electron chi connectivity index (χ1n) is 5.00. The van der Waals surface area contributed by atoms with Gasteiger partial charge in [0, 0.05) is 5.69 Å². The van der Waals surface area contributed by atoms with Crippen LogP contribution in [0.5, 0.6) is 0 Å². The third-order valence-electron chi connectivity index (χ3n) is 2.78. The first kappa shape index (κ1) is 9.46. The van der Waals surface area contributed by atoms with Crippen molar-refractivity contribution in [2.75, 3.05) is 18.8 Å². The fraction of sp³-hybridized carbons (Fsp3) is 0.455. The van der Waals surface area contributed by atoms with Gasteiger partial charge < -0.3 is 11.1 Å². The lowest BCUT2D eigenvalue weighted by Crippen LogP contribution is -2.11. The topological polar surface area (TPSA) is 38.0 Å². The molecule has 3 N–H and O–H groups in total. The van der Waals surface area contributed by atoms with Crippen LogP contribution in [0.2, 0.25) is 0 Å². The van der Waals surface area contributed by atoms with E-state index in [1.54, 1.807) is 12.1 Å². The summed E-state index contributed by atoms with van der Waals surface area (Å²) in [5, 5.41) is 3.29. The zero-order valence-electron chi connectivity index (χ0n) is 8.09. The number of anilines is 1. The second-order valence-electron chi connectivity index (χ2n) is 3.91. The molecule has 1 aromatic carbocycles. The molecule has 2 rings (SSSR count). The fourth-order valence-electron chi connectivity index (χ4n) is 1.95. The molecule has 0 amide bonds. The van der Waals surface area contributed by atoms with E-state index in [0.717, 1.165) is 31.5 Å². The minimum Gasteiger partial charge on any atom is -0.399 e. The third kappa shape index (κ3) is 2.04. The van der Waals surface area contributed by atoms with Crippen molar-refractivity contribution >= 4 is 5.69 Å². The summed E-state index contributed by atoms with van der Waals surface area (Å²) >= 11 is 0. The van der Waals surface area contributed by atoms with Crippen molar-refractivity contribution in [2.45, 2.75) is 12.8 Å². The number of hydrogen-bond acceptors (Lipinski definition) is 2. The molecule has 1 fully saturated rings. The number of hydrogen-bond donors (Lipinski definition) is 2. The molecule has 0 aliphatic carbocycles. The highest BCUT2D eigenvalue weighted by Crippen LogP contribution is 2.20. The molecule has 76 valence electrons. The van der Waals surface area contributed by atoms with Gasteiger partial charge in [-0.25, -0.2) is 4.39 Å². The van der Waals surface area contributed by atoms with E-state index in [9.17, 15) is 4.39 Å². The molecule has 14 heavy (non-hydrogen) atoms. The molecule has 1 unspecified atom stereocenters. The predicted molar refractivity (Wildman–Crippen MR) is 55.5 cm³/mol. The maximum atomic E-state index is 12.9. The molecule has 0 saturated carbocycles. The molecule has 1 saturated heterocycles. The average Bonchev–Trinajstić information content (AvgIpc) is 2.64. The smallest absolute Gasteiger partial charge is 0.123 e. The maximum Gasteiger partial charge on any atom is 0.123 e. The molecule has 1 aliphatic rings. The van der Waals surface area contributed by atoms with Crippen LogP contribution in [0.15, 0.2) is 18.2 Å². The number of nitrogens with two attached hydrogens (primary N) is 1. The van der Waals surface area contributed by atoms with Crippen molar-refractivity contribution < 1.29 is 4.39 Å². The second-order valence-corrected chi connectivity index (χ2v) is 3.91. The van der Waals surface area contributed by atoms with Crippen LogP contribution in [0.25, 0.3) is 0 Å². The molecule has 1 aliphatic heterocycles. The quantitative estimate of drug-likeness (QED) is 0.701. The van der Waals surface area contributed by atoms with Crippen molar-refractivity contribution in [3.05, 3.63) is 29.6 Å². The van der Waals surface area contributed by atoms with Crippen LogP contribution in [0.3, 0.4) is 0 Å². The zero-order chi connectivity index (χ0) is 9.97. The summed E-state index contributed by atoms with van der Waals surface area (Å²) < 4.78 is 12.9. The van der Waals surface area contributed by atoms with Gasteiger partial charge in [-0.3, -0.25) is 0 Å². The molecular formula is C11H15FN2. The Balaban J connectivity index is 2.10. The SMILES string of the molecule is Nc1ccc(F)cc1CC1CCNC1. The Morgan fingerprint density at radius 1 is 1.50 bits per heavy atom. The first-order valence-corrected chi connectivity index (χ1v) is 5.00. The van der Waals surface area contributed by atoms with E-state index in [-0.39, 0.29) is 5.82 Å². The highest BCUT2D eigenvalue weighted by molar-refractivity contribution is 5.46. The summed E-state index contributed by atoms with van der Waals surface area (Å²) in [5.74, 6) is 0.416. The molecule has 0 bridgehead atoms. The summed E-state index contributed by atoms with van der Waals surface area (Å²) in [4.78, 5) is 0. The van der Waals surface area contributed by atoms with Crippen LogP contribution in [-0.2, 0) is 6.42 Å². The van der Waals surface area contributed by atoms with E-state index in [4.69, 9.17) is 5.73 Å². The van der Waals surface area contributed by atoms with Gasteiger partial charge in [-0.2, -0.15) is 0 Å². The molecule has 2 nitrogen and oxygen atoms in total. The largest absolute Gasteiger partial charge is 0.399 e. The van der Waals surface area contributed by atoms with Crippen molar-refractivity contribution in [3.8, 4) is 0 Å². The van der Waals surface area contributed by atoms with Crippen LogP contribution >= 0.6 is 0 Å². The van der Waals surface area contributed by atoms with Gasteiger partial charge in [-0.15, -0.1) is 0 Å². The molecule has 0 spiro atoms. The first-order chi connectivity index (χ1) is 6.75. The Morgan fingerprint density at radius 2 is 2.36 bits per heavy atom. The molecule has 1 aromatic rings. The lowest BCUT2D eigenvalue weighted by molar-refractivity contribution is 0.574. The van der Waals surface area contributed by atoms with Crippen LogP contribution in [-0.4, -0.2) is 13.1 Å². The van der Waals surface area contributed by atoms with Gasteiger partial charge in [-0.05, 0) is 55.6 Å². The van der Waals surface area contributed by atoms with Gasteiger partial charge in [0.1, 0.15) is 5.82 Å². The lowest BCUT2D eigenvalue weighted by Gasteiger charge is -2.10. The van der Waals surface area contributed by atoms with Crippen molar-refractivity contribution in [3.63, 3.8) is 0 Å². The highest BCUT2D eigenvalue weighted by Gasteiger charge is 2.16. The van der Waals surface area contributed by atoms with E-state index in [1.165, 1.54) is 6.07 Å². The lowest BCUT2D eigenvalue weighted by atomic mass is 9.97. The van der Waals surface area contributed by atoms with Crippen molar-refractivity contribution in [2.24, 2.45) is 5.92 Å². The average molecular weight is 194 g/mol. The zero-order valence-corrected chi connectivity index (χ0v) is 8.09. The van der Waals surface area contributed by atoms with E-state index >= 15 is 0 Å². The van der Waals surface area contributed by atoms with Crippen molar-refractivity contribution in [1.29, 1.82) is 0 Å². The van der Waals surface area contributed by atoms with E-state index < -0.39 is 0 Å². The van der Waals surface area contributed by atoms with Gasteiger partial charge in [-0.1, -0.05) is 0 Å². The third-order valence-corrected chi connectivity index (χ3v) is 2.78. The monoisotopic (exact) mass is 194 g/mol. The highest BCUT2D eigenvalue weighted by atomic mass is 19.1. The molecule has 0 aromatic heterocycles. The second kappa shape index (κ2) is 3.96. The Morgan fingerprint density at radius 3 is 3.07 bits per heavy atom. The van der Waals surface area contributed by atoms with Gasteiger partial charge in [0.25, 0.3) is 0 Å². The van der Waals surface area contributed by atoms with Crippen LogP contribution in [0.1, 0.15) is 12.0 Å². The van der Waals surface area contributed by atoms with Gasteiger partial charge in [0.15, 0.2) is 0 Å². The summed E-state index contributed by atoms with van der Waals surface area (Å²) in [5.41, 5.74) is 7.43. The summed E-state index contributed by atoms with van der Waals surface area (Å²) in [6.45, 7) is 2.09. The maximum absolute atomic E-state index is 12.9. The summed E-state index contributed by atoms with van der Waals surface area (Å²) in [6.07, 6.45) is 2.05. The number of halogens is 1. The molecule has 3 heteroatoms. The number of rotatable bonds is 2. The Bertz CT molecular complexity index is 319. The standard InChI is InChI=1S/C11H15FN2/c12-10-1-2-11(13)9(6-10)5-8-3-4-14-7-8/h1-2,6,8,14H,3-5,7,13H2. The minimum absolute atomic E-state index is 0.194. The van der Waals surface area contributed by atoms with Crippen molar-refractivity contribution in [1.82, 2.24) is 5.32 Å². The Hall–Kier alpha value is -1.09. The fourth-order valence-corrected chi connectivity index (χ4v) is 1.95. The Labute approximate surface area is 83.3 Å². The molecule has 1 atom stereocenters. The summed E-state index contributed by atoms with van der Waals surface area (Å²) in [7, 11) is 0. The van der Waals surface area contributed by atoms with E-state index in [1.807, 2.05) is 0 Å². The number of nitrogen functional groups attached to an aromatic ring is 1. The Kier molecular flexibility index (Phi) is 2.68. The molecule has 1 heterocycles. The van der Waals surface area contributed by atoms with Gasteiger partial charge in [0.05, 0.1) is 0 Å². The van der Waals surface area contributed by atoms with E-state index in [2.05, 4.69) is 5.32 Å². The predicted octanol–water partition coefficient (Wildman–Crippen LogP) is 1.56. The summed E-state index contributed by atoms with van der Waals surface area (Å²) in [6, 6.07) is 4.60. The number of nitrogens with one attached hydrogen (secondary N) is 1.